The maximum absolute atomic E-state index is 12.9. The van der Waals surface area contributed by atoms with Gasteiger partial charge in [0.25, 0.3) is 0 Å². The zero-order valence-corrected chi connectivity index (χ0v) is 14.9. The lowest BCUT2D eigenvalue weighted by atomic mass is 10.2. The van der Waals surface area contributed by atoms with Gasteiger partial charge in [0.1, 0.15) is 0 Å². The molecule has 1 aromatic rings. The predicted molar refractivity (Wildman–Crippen MR) is 88.1 cm³/mol. The molecule has 0 bridgehead atoms. The van der Waals surface area contributed by atoms with Crippen molar-refractivity contribution in [3.05, 3.63) is 16.3 Å². The van der Waals surface area contributed by atoms with E-state index in [0.29, 0.717) is 10.9 Å². The molecule has 0 radical (unpaired) electrons. The van der Waals surface area contributed by atoms with Crippen LogP contribution in [0.2, 0.25) is 0 Å². The molecule has 0 aromatic carbocycles. The van der Waals surface area contributed by atoms with Crippen LogP contribution >= 0.6 is 11.3 Å². The van der Waals surface area contributed by atoms with Gasteiger partial charge in [0, 0.05) is 34.9 Å². The van der Waals surface area contributed by atoms with Crippen molar-refractivity contribution in [3.8, 4) is 0 Å². The van der Waals surface area contributed by atoms with Crippen molar-refractivity contribution in [1.29, 1.82) is 0 Å². The van der Waals surface area contributed by atoms with E-state index in [1.54, 1.807) is 9.69 Å². The summed E-state index contributed by atoms with van der Waals surface area (Å²) in [5.74, 6) is 0. The van der Waals surface area contributed by atoms with Gasteiger partial charge in [-0.15, -0.1) is 11.3 Å². The zero-order chi connectivity index (χ0) is 15.6. The Kier molecular flexibility index (Phi) is 5.46. The molecule has 0 aliphatic carbocycles. The molecule has 1 saturated heterocycles. The number of hydrogen-bond acceptors (Lipinski definition) is 4. The Bertz CT molecular complexity index is 566. The lowest BCUT2D eigenvalue weighted by Gasteiger charge is -2.26. The molecule has 1 aliphatic heterocycles. The quantitative estimate of drug-likeness (QED) is 0.871. The first-order valence-corrected chi connectivity index (χ1v) is 10.0. The summed E-state index contributed by atoms with van der Waals surface area (Å²) in [6, 6.07) is 2.49. The standard InChI is InChI=1S/C15H26N2O2S2/c1-5-13-7-6-12(4)17(13)21(18,19)15-8-14(20-10-15)9-16-11(2)3/h8,10-13,16H,5-7,9H2,1-4H3. The molecule has 6 heteroatoms. The van der Waals surface area contributed by atoms with Crippen LogP contribution in [0.5, 0.6) is 0 Å². The molecular weight excluding hydrogens is 304 g/mol. The van der Waals surface area contributed by atoms with Crippen molar-refractivity contribution in [3.63, 3.8) is 0 Å². The lowest BCUT2D eigenvalue weighted by Crippen LogP contribution is -2.39. The van der Waals surface area contributed by atoms with E-state index in [4.69, 9.17) is 0 Å². The number of sulfonamides is 1. The summed E-state index contributed by atoms with van der Waals surface area (Å²) in [5, 5.41) is 5.11. The topological polar surface area (TPSA) is 49.4 Å². The minimum atomic E-state index is -3.35. The van der Waals surface area contributed by atoms with E-state index in [9.17, 15) is 8.42 Å². The van der Waals surface area contributed by atoms with Crippen LogP contribution in [0.4, 0.5) is 0 Å². The van der Waals surface area contributed by atoms with Crippen molar-refractivity contribution in [2.75, 3.05) is 0 Å². The van der Waals surface area contributed by atoms with Gasteiger partial charge in [-0.1, -0.05) is 20.8 Å². The van der Waals surface area contributed by atoms with Crippen LogP contribution in [0.1, 0.15) is 51.8 Å². The maximum Gasteiger partial charge on any atom is 0.244 e. The first-order valence-electron chi connectivity index (χ1n) is 7.70. The third kappa shape index (κ3) is 3.67. The van der Waals surface area contributed by atoms with Crippen molar-refractivity contribution < 1.29 is 8.42 Å². The molecule has 1 N–H and O–H groups in total. The molecule has 0 spiro atoms. The Balaban J connectivity index is 2.19. The van der Waals surface area contributed by atoms with Crippen LogP contribution in [0, 0.1) is 0 Å². The molecule has 1 aliphatic rings. The Morgan fingerprint density at radius 3 is 2.76 bits per heavy atom. The summed E-state index contributed by atoms with van der Waals surface area (Å²) < 4.78 is 27.5. The molecule has 2 unspecified atom stereocenters. The average molecular weight is 331 g/mol. The summed E-state index contributed by atoms with van der Waals surface area (Å²) in [6.45, 7) is 8.98. The van der Waals surface area contributed by atoms with Crippen LogP contribution in [-0.4, -0.2) is 30.8 Å². The molecule has 0 amide bonds. The molecule has 0 saturated carbocycles. The van der Waals surface area contributed by atoms with E-state index in [2.05, 4.69) is 26.1 Å². The molecular formula is C15H26N2O2S2. The minimum Gasteiger partial charge on any atom is -0.310 e. The summed E-state index contributed by atoms with van der Waals surface area (Å²) in [5.41, 5.74) is 0. The van der Waals surface area contributed by atoms with Gasteiger partial charge in [-0.25, -0.2) is 8.42 Å². The largest absolute Gasteiger partial charge is 0.310 e. The summed E-state index contributed by atoms with van der Waals surface area (Å²) in [7, 11) is -3.35. The van der Waals surface area contributed by atoms with E-state index in [0.717, 1.165) is 30.7 Å². The maximum atomic E-state index is 12.9. The Morgan fingerprint density at radius 1 is 1.43 bits per heavy atom. The van der Waals surface area contributed by atoms with Gasteiger partial charge in [-0.3, -0.25) is 0 Å². The number of thiophene rings is 1. The molecule has 4 nitrogen and oxygen atoms in total. The van der Waals surface area contributed by atoms with Gasteiger partial charge in [0.2, 0.25) is 10.0 Å². The average Bonchev–Trinajstić information content (AvgIpc) is 3.03. The first-order chi connectivity index (χ1) is 9.86. The monoisotopic (exact) mass is 330 g/mol. The highest BCUT2D eigenvalue weighted by molar-refractivity contribution is 7.89. The van der Waals surface area contributed by atoms with Gasteiger partial charge in [0.05, 0.1) is 4.90 Å². The highest BCUT2D eigenvalue weighted by Gasteiger charge is 2.39. The predicted octanol–water partition coefficient (Wildman–Crippen LogP) is 3.20. The molecule has 21 heavy (non-hydrogen) atoms. The molecule has 1 fully saturated rings. The van der Waals surface area contributed by atoms with Gasteiger partial charge in [-0.05, 0) is 32.3 Å². The van der Waals surface area contributed by atoms with Gasteiger partial charge in [0.15, 0.2) is 0 Å². The third-order valence-electron chi connectivity index (χ3n) is 4.07. The molecule has 2 atom stereocenters. The number of nitrogens with zero attached hydrogens (tertiary/aromatic N) is 1. The zero-order valence-electron chi connectivity index (χ0n) is 13.3. The van der Waals surface area contributed by atoms with Crippen molar-refractivity contribution in [2.24, 2.45) is 0 Å². The van der Waals surface area contributed by atoms with Gasteiger partial charge < -0.3 is 5.32 Å². The van der Waals surface area contributed by atoms with Crippen LogP contribution in [0.15, 0.2) is 16.3 Å². The second-order valence-corrected chi connectivity index (χ2v) is 8.95. The second-order valence-electron chi connectivity index (χ2n) is 6.11. The molecule has 120 valence electrons. The number of nitrogens with one attached hydrogen (secondary N) is 1. The van der Waals surface area contributed by atoms with Crippen molar-refractivity contribution in [1.82, 2.24) is 9.62 Å². The Morgan fingerprint density at radius 2 is 2.14 bits per heavy atom. The number of rotatable bonds is 6. The Hall–Kier alpha value is -0.430. The summed E-state index contributed by atoms with van der Waals surface area (Å²) in [6.07, 6.45) is 2.82. The highest BCUT2D eigenvalue weighted by Crippen LogP contribution is 2.33. The molecule has 1 aromatic heterocycles. The van der Waals surface area contributed by atoms with Crippen molar-refractivity contribution >= 4 is 21.4 Å². The van der Waals surface area contributed by atoms with Crippen LogP contribution in [-0.2, 0) is 16.6 Å². The van der Waals surface area contributed by atoms with Crippen LogP contribution in [0.3, 0.4) is 0 Å². The molecule has 2 heterocycles. The normalized spacial score (nSPS) is 24.0. The summed E-state index contributed by atoms with van der Waals surface area (Å²) >= 11 is 1.52. The van der Waals surface area contributed by atoms with Crippen LogP contribution in [0.25, 0.3) is 0 Å². The smallest absolute Gasteiger partial charge is 0.244 e. The fraction of sp³-hybridized carbons (Fsp3) is 0.733. The van der Waals surface area contributed by atoms with Crippen LogP contribution < -0.4 is 5.32 Å². The first kappa shape index (κ1) is 16.9. The third-order valence-corrected chi connectivity index (χ3v) is 7.20. The van der Waals surface area contributed by atoms with E-state index in [1.807, 2.05) is 13.0 Å². The molecule has 2 rings (SSSR count). The van der Waals surface area contributed by atoms with Crippen molar-refractivity contribution in [2.45, 2.75) is 76.5 Å². The number of hydrogen-bond donors (Lipinski definition) is 1. The van der Waals surface area contributed by atoms with E-state index >= 15 is 0 Å². The second kappa shape index (κ2) is 6.77. The van der Waals surface area contributed by atoms with E-state index in [1.165, 1.54) is 11.3 Å². The van der Waals surface area contributed by atoms with E-state index < -0.39 is 10.0 Å². The van der Waals surface area contributed by atoms with E-state index in [-0.39, 0.29) is 12.1 Å². The van der Waals surface area contributed by atoms with Gasteiger partial charge in [-0.2, -0.15) is 4.31 Å². The minimum absolute atomic E-state index is 0.108. The summed E-state index contributed by atoms with van der Waals surface area (Å²) in [4.78, 5) is 1.53. The highest BCUT2D eigenvalue weighted by atomic mass is 32.2. The van der Waals surface area contributed by atoms with Gasteiger partial charge >= 0.3 is 0 Å². The fourth-order valence-corrected chi connectivity index (χ4v) is 6.04. The fourth-order valence-electron chi connectivity index (χ4n) is 2.88. The Labute approximate surface area is 132 Å². The lowest BCUT2D eigenvalue weighted by molar-refractivity contribution is 0.329. The SMILES string of the molecule is CCC1CCC(C)N1S(=O)(=O)c1csc(CNC(C)C)c1.